The zero-order chi connectivity index (χ0) is 18.4. The first kappa shape index (κ1) is 18.0. The molecule has 1 aliphatic heterocycles. The number of carbonyl (C=O) groups is 2. The van der Waals surface area contributed by atoms with Crippen LogP contribution in [0.5, 0.6) is 0 Å². The Hall–Kier alpha value is -2.82. The van der Waals surface area contributed by atoms with Crippen LogP contribution in [0.4, 0.5) is 4.79 Å². The molecule has 0 radical (unpaired) electrons. The number of hydrogen-bond donors (Lipinski definition) is 1. The molecule has 1 saturated heterocycles. The molecule has 2 aromatic carbocycles. The van der Waals surface area contributed by atoms with Crippen molar-refractivity contribution < 1.29 is 14.3 Å². The summed E-state index contributed by atoms with van der Waals surface area (Å²) in [6, 6.07) is 18.9. The average Bonchev–Trinajstić information content (AvgIpc) is 3.17. The highest BCUT2D eigenvalue weighted by Crippen LogP contribution is 2.32. The topological polar surface area (TPSA) is 58.6 Å². The highest BCUT2D eigenvalue weighted by Gasteiger charge is 2.32. The summed E-state index contributed by atoms with van der Waals surface area (Å²) in [5.41, 5.74) is 2.04. The number of nitrogens with zero attached hydrogens (tertiary/aromatic N) is 1. The van der Waals surface area contributed by atoms with Crippen molar-refractivity contribution in [1.29, 1.82) is 0 Å². The normalized spacial score (nSPS) is 17.6. The summed E-state index contributed by atoms with van der Waals surface area (Å²) in [6.07, 6.45) is 1.34. The second-order valence-corrected chi connectivity index (χ2v) is 6.53. The van der Waals surface area contributed by atoms with E-state index in [0.717, 1.165) is 24.0 Å². The van der Waals surface area contributed by atoms with E-state index in [1.54, 1.807) is 6.92 Å². The smallest absolute Gasteiger partial charge is 0.408 e. The van der Waals surface area contributed by atoms with Crippen LogP contribution in [0, 0.1) is 0 Å². The molecule has 0 saturated carbocycles. The van der Waals surface area contributed by atoms with E-state index >= 15 is 0 Å². The maximum Gasteiger partial charge on any atom is 0.408 e. The Bertz CT molecular complexity index is 733. The highest BCUT2D eigenvalue weighted by molar-refractivity contribution is 5.85. The number of nitrogens with one attached hydrogen (secondary N) is 1. The molecule has 5 heteroatoms. The van der Waals surface area contributed by atoms with Gasteiger partial charge in [-0.15, -0.1) is 0 Å². The average molecular weight is 352 g/mol. The lowest BCUT2D eigenvalue weighted by atomic mass is 10.0. The predicted octanol–water partition coefficient (Wildman–Crippen LogP) is 3.67. The van der Waals surface area contributed by atoms with Crippen LogP contribution in [0.2, 0.25) is 0 Å². The summed E-state index contributed by atoms with van der Waals surface area (Å²) >= 11 is 0. The molecular weight excluding hydrogens is 328 g/mol. The molecule has 0 aromatic heterocycles. The molecule has 2 amide bonds. The number of hydrogen-bond acceptors (Lipinski definition) is 3. The molecule has 0 spiro atoms. The van der Waals surface area contributed by atoms with Gasteiger partial charge in [-0.25, -0.2) is 4.79 Å². The summed E-state index contributed by atoms with van der Waals surface area (Å²) in [5.74, 6) is -0.0759. The number of amides is 2. The fraction of sp³-hybridized carbons (Fsp3) is 0.333. The van der Waals surface area contributed by atoms with Crippen molar-refractivity contribution in [2.75, 3.05) is 6.54 Å². The van der Waals surface area contributed by atoms with Crippen molar-refractivity contribution in [3.05, 3.63) is 71.8 Å². The number of alkyl carbamates (subject to hydrolysis) is 1. The van der Waals surface area contributed by atoms with Crippen LogP contribution in [0.1, 0.15) is 36.9 Å². The Labute approximate surface area is 154 Å². The van der Waals surface area contributed by atoms with E-state index in [0.29, 0.717) is 6.54 Å². The second-order valence-electron chi connectivity index (χ2n) is 6.53. The van der Waals surface area contributed by atoms with Crippen molar-refractivity contribution in [3.63, 3.8) is 0 Å². The predicted molar refractivity (Wildman–Crippen MR) is 99.4 cm³/mol. The molecule has 0 unspecified atom stereocenters. The largest absolute Gasteiger partial charge is 0.445 e. The summed E-state index contributed by atoms with van der Waals surface area (Å²) in [6.45, 7) is 2.60. The Kier molecular flexibility index (Phi) is 5.89. The Morgan fingerprint density at radius 3 is 2.46 bits per heavy atom. The standard InChI is InChI=1S/C21H24N2O3/c1-16(22-21(25)26-15-17-9-4-2-5-10-17)20(24)23-14-8-13-19(23)18-11-6-3-7-12-18/h2-7,9-12,16,19H,8,13-15H2,1H3,(H,22,25)/t16-,19-/m0/s1. The summed E-state index contributed by atoms with van der Waals surface area (Å²) in [4.78, 5) is 26.6. The molecule has 26 heavy (non-hydrogen) atoms. The number of ether oxygens (including phenoxy) is 1. The fourth-order valence-electron chi connectivity index (χ4n) is 3.30. The van der Waals surface area contributed by atoms with Crippen LogP contribution in [-0.4, -0.2) is 29.5 Å². The van der Waals surface area contributed by atoms with E-state index in [4.69, 9.17) is 4.74 Å². The van der Waals surface area contributed by atoms with Crippen LogP contribution in [0.15, 0.2) is 60.7 Å². The number of carbonyl (C=O) groups excluding carboxylic acids is 2. The number of likely N-dealkylation sites (tertiary alicyclic amines) is 1. The van der Waals surface area contributed by atoms with Crippen LogP contribution in [-0.2, 0) is 16.1 Å². The van der Waals surface area contributed by atoms with E-state index in [-0.39, 0.29) is 18.6 Å². The van der Waals surface area contributed by atoms with E-state index in [9.17, 15) is 9.59 Å². The fourth-order valence-corrected chi connectivity index (χ4v) is 3.30. The lowest BCUT2D eigenvalue weighted by molar-refractivity contribution is -0.133. The third-order valence-electron chi connectivity index (χ3n) is 4.64. The van der Waals surface area contributed by atoms with Crippen LogP contribution < -0.4 is 5.32 Å². The summed E-state index contributed by atoms with van der Waals surface area (Å²) in [5, 5.41) is 2.65. The van der Waals surface area contributed by atoms with Gasteiger partial charge in [0.25, 0.3) is 0 Å². The minimum Gasteiger partial charge on any atom is -0.445 e. The van der Waals surface area contributed by atoms with Crippen molar-refractivity contribution in [3.8, 4) is 0 Å². The first-order chi connectivity index (χ1) is 12.6. The van der Waals surface area contributed by atoms with Crippen molar-refractivity contribution in [2.45, 2.75) is 38.5 Å². The number of benzene rings is 2. The van der Waals surface area contributed by atoms with Gasteiger partial charge in [-0.3, -0.25) is 4.79 Å². The summed E-state index contributed by atoms with van der Waals surface area (Å²) in [7, 11) is 0. The molecule has 0 aliphatic carbocycles. The third-order valence-corrected chi connectivity index (χ3v) is 4.64. The summed E-state index contributed by atoms with van der Waals surface area (Å²) < 4.78 is 5.20. The maximum atomic E-state index is 12.8. The Morgan fingerprint density at radius 1 is 1.12 bits per heavy atom. The molecule has 1 aliphatic rings. The first-order valence-corrected chi connectivity index (χ1v) is 8.98. The van der Waals surface area contributed by atoms with Crippen molar-refractivity contribution in [2.24, 2.45) is 0 Å². The van der Waals surface area contributed by atoms with Gasteiger partial charge in [0, 0.05) is 6.54 Å². The van der Waals surface area contributed by atoms with E-state index in [2.05, 4.69) is 5.32 Å². The van der Waals surface area contributed by atoms with Gasteiger partial charge < -0.3 is 15.0 Å². The van der Waals surface area contributed by atoms with Crippen molar-refractivity contribution >= 4 is 12.0 Å². The SMILES string of the molecule is C[C@H](NC(=O)OCc1ccccc1)C(=O)N1CCC[C@H]1c1ccccc1. The maximum absolute atomic E-state index is 12.8. The van der Waals surface area contributed by atoms with Gasteiger partial charge in [0.2, 0.25) is 5.91 Å². The van der Waals surface area contributed by atoms with E-state index in [1.807, 2.05) is 65.6 Å². The van der Waals surface area contributed by atoms with E-state index < -0.39 is 12.1 Å². The zero-order valence-corrected chi connectivity index (χ0v) is 14.9. The Balaban J connectivity index is 1.54. The van der Waals surface area contributed by atoms with Gasteiger partial charge in [0.15, 0.2) is 0 Å². The lowest BCUT2D eigenvalue weighted by Gasteiger charge is -2.28. The molecule has 1 fully saturated rings. The van der Waals surface area contributed by atoms with Gasteiger partial charge >= 0.3 is 6.09 Å². The van der Waals surface area contributed by atoms with E-state index in [1.165, 1.54) is 0 Å². The molecule has 0 bridgehead atoms. The van der Waals surface area contributed by atoms with Crippen LogP contribution in [0.3, 0.4) is 0 Å². The second kappa shape index (κ2) is 8.52. The Morgan fingerprint density at radius 2 is 1.77 bits per heavy atom. The van der Waals surface area contributed by atoms with Crippen LogP contribution in [0.25, 0.3) is 0 Å². The van der Waals surface area contributed by atoms with Gasteiger partial charge in [-0.2, -0.15) is 0 Å². The van der Waals surface area contributed by atoms with Gasteiger partial charge in [-0.05, 0) is 30.9 Å². The molecule has 2 aromatic rings. The first-order valence-electron chi connectivity index (χ1n) is 8.98. The minimum absolute atomic E-state index is 0.0759. The molecule has 1 heterocycles. The minimum atomic E-state index is -0.623. The molecule has 3 rings (SSSR count). The number of rotatable bonds is 5. The van der Waals surface area contributed by atoms with Gasteiger partial charge in [0.05, 0.1) is 6.04 Å². The quantitative estimate of drug-likeness (QED) is 0.893. The molecule has 136 valence electrons. The highest BCUT2D eigenvalue weighted by atomic mass is 16.5. The molecule has 1 N–H and O–H groups in total. The lowest BCUT2D eigenvalue weighted by Crippen LogP contribution is -2.46. The third kappa shape index (κ3) is 4.42. The van der Waals surface area contributed by atoms with Gasteiger partial charge in [-0.1, -0.05) is 60.7 Å². The van der Waals surface area contributed by atoms with Crippen molar-refractivity contribution in [1.82, 2.24) is 10.2 Å². The van der Waals surface area contributed by atoms with Crippen LogP contribution >= 0.6 is 0 Å². The monoisotopic (exact) mass is 352 g/mol. The molecule has 5 nitrogen and oxygen atoms in total. The molecule has 2 atom stereocenters. The molecular formula is C21H24N2O3. The van der Waals surface area contributed by atoms with Gasteiger partial charge in [0.1, 0.15) is 12.6 Å². The zero-order valence-electron chi connectivity index (χ0n) is 14.9.